The molecule has 6 heteroatoms. The van der Waals surface area contributed by atoms with Crippen molar-refractivity contribution in [2.24, 2.45) is 0 Å². The molecule has 0 N–H and O–H groups in total. The number of rotatable bonds is 58. The Hall–Kier alpha value is -2.63. The summed E-state index contributed by atoms with van der Waals surface area (Å²) in [6, 6.07) is 0. The highest BCUT2D eigenvalue weighted by Crippen LogP contribution is 2.16. The molecule has 0 rings (SSSR count). The molecule has 0 fully saturated rings. The third kappa shape index (κ3) is 58.3. The Morgan fingerprint density at radius 1 is 0.278 bits per heavy atom. The number of ether oxygens (including phenoxy) is 3. The second kappa shape index (κ2) is 60.9. The van der Waals surface area contributed by atoms with Crippen molar-refractivity contribution in [1.29, 1.82) is 0 Å². The molecular formula is C66H120O6. The first-order chi connectivity index (χ1) is 35.5. The Morgan fingerprint density at radius 2 is 0.500 bits per heavy atom. The Balaban J connectivity index is 4.37. The lowest BCUT2D eigenvalue weighted by molar-refractivity contribution is -0.167. The van der Waals surface area contributed by atoms with Gasteiger partial charge in [-0.2, -0.15) is 0 Å². The summed E-state index contributed by atoms with van der Waals surface area (Å²) in [6.45, 7) is 6.64. The molecule has 1 atom stereocenters. The van der Waals surface area contributed by atoms with Crippen molar-refractivity contribution in [2.45, 2.75) is 341 Å². The molecule has 0 aliphatic rings. The van der Waals surface area contributed by atoms with Crippen LogP contribution in [0, 0.1) is 0 Å². The molecule has 0 saturated carbocycles. The molecule has 6 nitrogen and oxygen atoms in total. The molecule has 0 spiro atoms. The summed E-state index contributed by atoms with van der Waals surface area (Å²) in [4.78, 5) is 38.3. The van der Waals surface area contributed by atoms with E-state index in [0.29, 0.717) is 19.3 Å². The van der Waals surface area contributed by atoms with Gasteiger partial charge in [0.05, 0.1) is 0 Å². The maximum absolute atomic E-state index is 12.9. The zero-order valence-corrected chi connectivity index (χ0v) is 48.2. The van der Waals surface area contributed by atoms with Crippen LogP contribution in [0.3, 0.4) is 0 Å². The smallest absolute Gasteiger partial charge is 0.306 e. The SMILES string of the molecule is CCCCC/C=C\C=C/CCCCCCCCCCCCC(=O)OCC(COC(=O)CCCCCCCCC/C=C\CCCCCCCC)OC(=O)CCCCCCC/C=C\CCCCCCCCCCC. The van der Waals surface area contributed by atoms with Crippen molar-refractivity contribution in [3.8, 4) is 0 Å². The van der Waals surface area contributed by atoms with Gasteiger partial charge >= 0.3 is 17.9 Å². The molecule has 0 bridgehead atoms. The topological polar surface area (TPSA) is 78.9 Å². The van der Waals surface area contributed by atoms with Gasteiger partial charge in [-0.05, 0) is 96.3 Å². The van der Waals surface area contributed by atoms with Gasteiger partial charge < -0.3 is 14.2 Å². The van der Waals surface area contributed by atoms with Gasteiger partial charge in [0.2, 0.25) is 0 Å². The Kier molecular flexibility index (Phi) is 58.7. The van der Waals surface area contributed by atoms with Crippen LogP contribution in [0.1, 0.15) is 335 Å². The molecule has 0 aromatic carbocycles. The largest absolute Gasteiger partial charge is 0.462 e. The quantitative estimate of drug-likeness (QED) is 0.0199. The lowest BCUT2D eigenvalue weighted by Gasteiger charge is -2.18. The molecule has 0 amide bonds. The summed E-state index contributed by atoms with van der Waals surface area (Å²) in [7, 11) is 0. The first kappa shape index (κ1) is 69.4. The summed E-state index contributed by atoms with van der Waals surface area (Å²) in [5.41, 5.74) is 0. The van der Waals surface area contributed by atoms with Crippen LogP contribution in [0.2, 0.25) is 0 Å². The van der Waals surface area contributed by atoms with E-state index in [1.165, 1.54) is 231 Å². The molecule has 72 heavy (non-hydrogen) atoms. The molecule has 0 heterocycles. The highest BCUT2D eigenvalue weighted by molar-refractivity contribution is 5.71. The van der Waals surface area contributed by atoms with Gasteiger partial charge in [0.15, 0.2) is 6.10 Å². The van der Waals surface area contributed by atoms with Crippen molar-refractivity contribution in [1.82, 2.24) is 0 Å². The second-order valence-corrected chi connectivity index (χ2v) is 21.3. The van der Waals surface area contributed by atoms with Crippen LogP contribution >= 0.6 is 0 Å². The molecule has 0 radical (unpaired) electrons. The van der Waals surface area contributed by atoms with E-state index in [0.717, 1.165) is 64.2 Å². The first-order valence-corrected chi connectivity index (χ1v) is 31.7. The van der Waals surface area contributed by atoms with Crippen molar-refractivity contribution >= 4 is 17.9 Å². The number of hydrogen-bond donors (Lipinski definition) is 0. The number of esters is 3. The minimum atomic E-state index is -0.781. The number of hydrogen-bond acceptors (Lipinski definition) is 6. The van der Waals surface area contributed by atoms with Crippen LogP contribution < -0.4 is 0 Å². The lowest BCUT2D eigenvalue weighted by Crippen LogP contribution is -2.30. The maximum Gasteiger partial charge on any atom is 0.306 e. The zero-order valence-electron chi connectivity index (χ0n) is 48.2. The Labute approximate surface area is 448 Å². The predicted octanol–water partition coefficient (Wildman–Crippen LogP) is 21.4. The minimum absolute atomic E-state index is 0.0775. The summed E-state index contributed by atoms with van der Waals surface area (Å²) < 4.78 is 16.9. The molecule has 0 aliphatic heterocycles. The standard InChI is InChI=1S/C66H120O6/c1-4-7-10-13-16-19-22-25-28-31-33-36-38-41-44-47-50-53-56-59-65(68)71-62-63(61-70-64(67)58-55-52-49-46-43-40-37-34-30-27-24-21-18-15-12-9-6-3)72-66(69)60-57-54-51-48-45-42-39-35-32-29-26-23-20-17-14-11-8-5-2/h16,19,22,25,27,30,35,39,63H,4-15,17-18,20-21,23-24,26,28-29,31-34,36-38,40-62H2,1-3H3/b19-16-,25-22-,30-27-,39-35-. The van der Waals surface area contributed by atoms with Crippen LogP contribution in [-0.4, -0.2) is 37.2 Å². The van der Waals surface area contributed by atoms with Gasteiger partial charge in [-0.1, -0.05) is 268 Å². The van der Waals surface area contributed by atoms with Gasteiger partial charge in [0.1, 0.15) is 13.2 Å². The van der Waals surface area contributed by atoms with Crippen molar-refractivity contribution in [3.63, 3.8) is 0 Å². The van der Waals surface area contributed by atoms with Gasteiger partial charge in [0.25, 0.3) is 0 Å². The van der Waals surface area contributed by atoms with Crippen molar-refractivity contribution < 1.29 is 28.6 Å². The van der Waals surface area contributed by atoms with Gasteiger partial charge in [-0.25, -0.2) is 0 Å². The fourth-order valence-electron chi connectivity index (χ4n) is 9.25. The van der Waals surface area contributed by atoms with E-state index in [9.17, 15) is 14.4 Å². The molecule has 0 aromatic heterocycles. The average molecular weight is 1010 g/mol. The predicted molar refractivity (Wildman–Crippen MR) is 312 cm³/mol. The van der Waals surface area contributed by atoms with Crippen LogP contribution in [0.4, 0.5) is 0 Å². The minimum Gasteiger partial charge on any atom is -0.462 e. The van der Waals surface area contributed by atoms with Crippen LogP contribution in [0.5, 0.6) is 0 Å². The maximum atomic E-state index is 12.9. The van der Waals surface area contributed by atoms with Gasteiger partial charge in [-0.15, -0.1) is 0 Å². The Morgan fingerprint density at radius 3 is 0.806 bits per heavy atom. The highest BCUT2D eigenvalue weighted by Gasteiger charge is 2.19. The highest BCUT2D eigenvalue weighted by atomic mass is 16.6. The molecule has 0 saturated heterocycles. The fraction of sp³-hybridized carbons (Fsp3) is 0.833. The molecular weight excluding hydrogens is 889 g/mol. The third-order valence-corrected chi connectivity index (χ3v) is 14.1. The molecule has 0 aliphatic carbocycles. The van der Waals surface area contributed by atoms with Crippen LogP contribution in [0.25, 0.3) is 0 Å². The van der Waals surface area contributed by atoms with Crippen molar-refractivity contribution in [2.75, 3.05) is 13.2 Å². The number of carbonyl (C=O) groups is 3. The number of unbranched alkanes of at least 4 members (excludes halogenated alkanes) is 40. The number of allylic oxidation sites excluding steroid dienone is 8. The summed E-state index contributed by atoms with van der Waals surface area (Å²) >= 11 is 0. The summed E-state index contributed by atoms with van der Waals surface area (Å²) in [5, 5.41) is 0. The third-order valence-electron chi connectivity index (χ3n) is 14.1. The van der Waals surface area contributed by atoms with E-state index in [2.05, 4.69) is 69.4 Å². The van der Waals surface area contributed by atoms with Crippen molar-refractivity contribution in [3.05, 3.63) is 48.6 Å². The number of carbonyl (C=O) groups excluding carboxylic acids is 3. The summed E-state index contributed by atoms with van der Waals surface area (Å²) in [6.07, 6.45) is 75.3. The zero-order chi connectivity index (χ0) is 52.2. The first-order valence-electron chi connectivity index (χ1n) is 31.7. The molecule has 0 aromatic rings. The van der Waals surface area contributed by atoms with Crippen LogP contribution in [0.15, 0.2) is 48.6 Å². The van der Waals surface area contributed by atoms with E-state index < -0.39 is 6.10 Å². The van der Waals surface area contributed by atoms with E-state index in [-0.39, 0.29) is 31.1 Å². The van der Waals surface area contributed by atoms with Crippen LogP contribution in [-0.2, 0) is 28.6 Å². The van der Waals surface area contributed by atoms with E-state index in [4.69, 9.17) is 14.2 Å². The average Bonchev–Trinajstić information content (AvgIpc) is 3.38. The molecule has 1 unspecified atom stereocenters. The second-order valence-electron chi connectivity index (χ2n) is 21.3. The van der Waals surface area contributed by atoms with E-state index >= 15 is 0 Å². The summed E-state index contributed by atoms with van der Waals surface area (Å²) in [5.74, 6) is -0.874. The molecule has 420 valence electrons. The Bertz CT molecular complexity index is 1250. The van der Waals surface area contributed by atoms with Gasteiger partial charge in [0, 0.05) is 19.3 Å². The van der Waals surface area contributed by atoms with E-state index in [1.807, 2.05) is 0 Å². The van der Waals surface area contributed by atoms with Gasteiger partial charge in [-0.3, -0.25) is 14.4 Å². The van der Waals surface area contributed by atoms with E-state index in [1.54, 1.807) is 0 Å². The normalized spacial score (nSPS) is 12.3. The monoisotopic (exact) mass is 1010 g/mol. The lowest BCUT2D eigenvalue weighted by atomic mass is 10.1. The fourth-order valence-corrected chi connectivity index (χ4v) is 9.25.